The Kier molecular flexibility index (Phi) is 5.59. The smallest absolute Gasteiger partial charge is 0.230 e. The van der Waals surface area contributed by atoms with Crippen LogP contribution in [0.1, 0.15) is 48.0 Å². The van der Waals surface area contributed by atoms with Crippen LogP contribution in [-0.2, 0) is 4.79 Å². The number of carbonyl (C=O) groups excluding carboxylic acids is 2. The monoisotopic (exact) mass is 336 g/mol. The lowest BCUT2D eigenvalue weighted by atomic mass is 9.88. The lowest BCUT2D eigenvalue weighted by molar-refractivity contribution is -0.134. The Bertz CT molecular complexity index is 707. The van der Waals surface area contributed by atoms with Gasteiger partial charge in [-0.3, -0.25) is 14.6 Å². The third-order valence-electron chi connectivity index (χ3n) is 5.03. The first kappa shape index (κ1) is 17.3. The van der Waals surface area contributed by atoms with Crippen molar-refractivity contribution in [1.29, 1.82) is 0 Å². The van der Waals surface area contributed by atoms with Gasteiger partial charge in [-0.15, -0.1) is 0 Å². The van der Waals surface area contributed by atoms with E-state index < -0.39 is 0 Å². The summed E-state index contributed by atoms with van der Waals surface area (Å²) in [6.07, 6.45) is 5.54. The maximum absolute atomic E-state index is 12.9. The molecule has 0 radical (unpaired) electrons. The number of carbonyl (C=O) groups is 2. The number of amides is 1. The minimum Gasteiger partial charge on any atom is -0.342 e. The van der Waals surface area contributed by atoms with Crippen LogP contribution >= 0.6 is 0 Å². The van der Waals surface area contributed by atoms with E-state index in [-0.39, 0.29) is 23.5 Å². The zero-order valence-electron chi connectivity index (χ0n) is 14.6. The first-order valence-electron chi connectivity index (χ1n) is 8.98. The van der Waals surface area contributed by atoms with Gasteiger partial charge in [0, 0.05) is 37.0 Å². The molecule has 130 valence electrons. The SMILES string of the molecule is CC[C@@H](C(=O)N1CCC(C(=O)c2cccnc2)CC1)c1ccccc1. The van der Waals surface area contributed by atoms with Crippen LogP contribution in [-0.4, -0.2) is 34.7 Å². The first-order valence-corrected chi connectivity index (χ1v) is 8.98. The van der Waals surface area contributed by atoms with Crippen molar-refractivity contribution in [2.45, 2.75) is 32.1 Å². The minimum atomic E-state index is -0.0909. The van der Waals surface area contributed by atoms with Gasteiger partial charge in [0.05, 0.1) is 5.92 Å². The van der Waals surface area contributed by atoms with Gasteiger partial charge in [-0.05, 0) is 37.0 Å². The fourth-order valence-electron chi connectivity index (χ4n) is 3.56. The molecule has 1 aliphatic rings. The van der Waals surface area contributed by atoms with Crippen molar-refractivity contribution >= 4 is 11.7 Å². The van der Waals surface area contributed by atoms with E-state index in [4.69, 9.17) is 0 Å². The molecule has 1 fully saturated rings. The van der Waals surface area contributed by atoms with Crippen molar-refractivity contribution in [2.75, 3.05) is 13.1 Å². The van der Waals surface area contributed by atoms with Crippen molar-refractivity contribution in [2.24, 2.45) is 5.92 Å². The maximum atomic E-state index is 12.9. The molecular formula is C21H24N2O2. The lowest BCUT2D eigenvalue weighted by Gasteiger charge is -2.33. The minimum absolute atomic E-state index is 0.00921. The van der Waals surface area contributed by atoms with Crippen LogP contribution in [0.3, 0.4) is 0 Å². The second-order valence-corrected chi connectivity index (χ2v) is 6.58. The topological polar surface area (TPSA) is 50.3 Å². The van der Waals surface area contributed by atoms with Crippen molar-refractivity contribution in [3.05, 3.63) is 66.0 Å². The third-order valence-corrected chi connectivity index (χ3v) is 5.03. The molecule has 0 unspecified atom stereocenters. The number of Topliss-reactive ketones (excluding diaryl/α,β-unsaturated/α-hetero) is 1. The van der Waals surface area contributed by atoms with Gasteiger partial charge in [0.1, 0.15) is 0 Å². The van der Waals surface area contributed by atoms with Crippen LogP contribution < -0.4 is 0 Å². The Morgan fingerprint density at radius 2 is 1.84 bits per heavy atom. The molecule has 25 heavy (non-hydrogen) atoms. The molecular weight excluding hydrogens is 312 g/mol. The van der Waals surface area contributed by atoms with E-state index in [1.165, 1.54) is 0 Å². The molecule has 1 aromatic heterocycles. The Morgan fingerprint density at radius 3 is 2.44 bits per heavy atom. The molecule has 0 saturated carbocycles. The van der Waals surface area contributed by atoms with E-state index in [9.17, 15) is 9.59 Å². The number of nitrogens with zero attached hydrogens (tertiary/aromatic N) is 2. The summed E-state index contributed by atoms with van der Waals surface area (Å²) >= 11 is 0. The number of hydrogen-bond donors (Lipinski definition) is 0. The molecule has 2 heterocycles. The zero-order valence-corrected chi connectivity index (χ0v) is 14.6. The Morgan fingerprint density at radius 1 is 1.12 bits per heavy atom. The van der Waals surface area contributed by atoms with E-state index in [1.54, 1.807) is 18.5 Å². The lowest BCUT2D eigenvalue weighted by Crippen LogP contribution is -2.42. The summed E-state index contributed by atoms with van der Waals surface area (Å²) in [7, 11) is 0. The number of likely N-dealkylation sites (tertiary alicyclic amines) is 1. The van der Waals surface area contributed by atoms with Crippen LogP contribution in [0.25, 0.3) is 0 Å². The van der Waals surface area contributed by atoms with Gasteiger partial charge >= 0.3 is 0 Å². The third kappa shape index (κ3) is 3.95. The molecule has 1 aliphatic heterocycles. The Labute approximate surface area is 148 Å². The van der Waals surface area contributed by atoms with Gasteiger partial charge in [-0.2, -0.15) is 0 Å². The molecule has 4 nitrogen and oxygen atoms in total. The van der Waals surface area contributed by atoms with E-state index >= 15 is 0 Å². The summed E-state index contributed by atoms with van der Waals surface area (Å²) < 4.78 is 0. The van der Waals surface area contributed by atoms with E-state index in [0.717, 1.165) is 24.8 Å². The van der Waals surface area contributed by atoms with Gasteiger partial charge < -0.3 is 4.90 Å². The Balaban J connectivity index is 1.62. The normalized spacial score (nSPS) is 16.4. The van der Waals surface area contributed by atoms with Crippen molar-refractivity contribution in [1.82, 2.24) is 9.88 Å². The van der Waals surface area contributed by atoms with Gasteiger partial charge in [-0.25, -0.2) is 0 Å². The van der Waals surface area contributed by atoms with Crippen molar-refractivity contribution in [3.63, 3.8) is 0 Å². The van der Waals surface area contributed by atoms with E-state index in [1.807, 2.05) is 48.2 Å². The van der Waals surface area contributed by atoms with Gasteiger partial charge in [0.15, 0.2) is 5.78 Å². The van der Waals surface area contributed by atoms with Crippen LogP contribution in [0.15, 0.2) is 54.9 Å². The largest absolute Gasteiger partial charge is 0.342 e. The van der Waals surface area contributed by atoms with Crippen LogP contribution in [0.2, 0.25) is 0 Å². The molecule has 0 bridgehead atoms. The van der Waals surface area contributed by atoms with Crippen molar-refractivity contribution in [3.8, 4) is 0 Å². The first-order chi connectivity index (χ1) is 12.2. The Hall–Kier alpha value is -2.49. The summed E-state index contributed by atoms with van der Waals surface area (Å²) in [4.78, 5) is 31.4. The number of benzene rings is 1. The molecule has 3 rings (SSSR count). The summed E-state index contributed by atoms with van der Waals surface area (Å²) in [6, 6.07) is 13.6. The highest BCUT2D eigenvalue weighted by Gasteiger charge is 2.31. The second kappa shape index (κ2) is 8.06. The predicted octanol–water partition coefficient (Wildman–Crippen LogP) is 3.70. The summed E-state index contributed by atoms with van der Waals surface area (Å²) in [5.41, 5.74) is 1.74. The van der Waals surface area contributed by atoms with Gasteiger partial charge in [0.25, 0.3) is 0 Å². The van der Waals surface area contributed by atoms with E-state index in [0.29, 0.717) is 18.7 Å². The molecule has 0 spiro atoms. The van der Waals surface area contributed by atoms with Gasteiger partial charge in [-0.1, -0.05) is 37.3 Å². The molecule has 4 heteroatoms. The fourth-order valence-corrected chi connectivity index (χ4v) is 3.56. The summed E-state index contributed by atoms with van der Waals surface area (Å²) in [5, 5.41) is 0. The summed E-state index contributed by atoms with van der Waals surface area (Å²) in [6.45, 7) is 3.35. The number of piperidine rings is 1. The molecule has 1 saturated heterocycles. The maximum Gasteiger partial charge on any atom is 0.230 e. The molecule has 1 atom stereocenters. The zero-order chi connectivity index (χ0) is 17.6. The molecule has 2 aromatic rings. The highest BCUT2D eigenvalue weighted by Crippen LogP contribution is 2.27. The van der Waals surface area contributed by atoms with Crippen LogP contribution in [0.5, 0.6) is 0 Å². The van der Waals surface area contributed by atoms with Gasteiger partial charge in [0.2, 0.25) is 5.91 Å². The molecule has 0 aliphatic carbocycles. The highest BCUT2D eigenvalue weighted by atomic mass is 16.2. The number of pyridine rings is 1. The molecule has 1 aromatic carbocycles. The van der Waals surface area contributed by atoms with Crippen LogP contribution in [0, 0.1) is 5.92 Å². The molecule has 1 amide bonds. The number of ketones is 1. The molecule has 0 N–H and O–H groups in total. The predicted molar refractivity (Wildman–Crippen MR) is 97.3 cm³/mol. The fraction of sp³-hybridized carbons (Fsp3) is 0.381. The average molecular weight is 336 g/mol. The van der Waals surface area contributed by atoms with E-state index in [2.05, 4.69) is 4.98 Å². The van der Waals surface area contributed by atoms with Crippen molar-refractivity contribution < 1.29 is 9.59 Å². The highest BCUT2D eigenvalue weighted by molar-refractivity contribution is 5.97. The number of hydrogen-bond acceptors (Lipinski definition) is 3. The standard InChI is InChI=1S/C21H24N2O2/c1-2-19(16-7-4-3-5-8-16)21(25)23-13-10-17(11-14-23)20(24)18-9-6-12-22-15-18/h3-9,12,15,17,19H,2,10-11,13-14H2,1H3/t19-/m1/s1. The van der Waals surface area contributed by atoms with Crippen LogP contribution in [0.4, 0.5) is 0 Å². The second-order valence-electron chi connectivity index (χ2n) is 6.58. The quantitative estimate of drug-likeness (QED) is 0.782. The summed E-state index contributed by atoms with van der Waals surface area (Å²) in [5.74, 6) is 0.230. The number of rotatable bonds is 5. The average Bonchev–Trinajstić information content (AvgIpc) is 2.69. The number of aromatic nitrogens is 1.